The van der Waals surface area contributed by atoms with Crippen molar-refractivity contribution in [1.29, 1.82) is 0 Å². The second-order valence-corrected chi connectivity index (χ2v) is 5.91. The number of esters is 1. The molecule has 0 fully saturated rings. The average molecular weight is 338 g/mol. The highest BCUT2D eigenvalue weighted by atomic mass is 16.5. The van der Waals surface area contributed by atoms with Crippen LogP contribution < -0.4 is 5.32 Å². The molecule has 0 aliphatic rings. The predicted molar refractivity (Wildman–Crippen MR) is 93.5 cm³/mol. The topological polar surface area (TPSA) is 81.4 Å². The number of amides is 1. The molecule has 1 amide bonds. The van der Waals surface area contributed by atoms with Gasteiger partial charge in [-0.3, -0.25) is 4.79 Å². The molecule has 0 saturated heterocycles. The molecule has 6 nitrogen and oxygen atoms in total. The first-order valence-corrected chi connectivity index (χ1v) is 7.93. The fourth-order valence-electron chi connectivity index (χ4n) is 2.41. The van der Waals surface area contributed by atoms with Crippen LogP contribution in [0.15, 0.2) is 53.3 Å². The van der Waals surface area contributed by atoms with Crippen molar-refractivity contribution in [3.05, 3.63) is 60.0 Å². The first-order valence-electron chi connectivity index (χ1n) is 7.93. The van der Waals surface area contributed by atoms with E-state index in [-0.39, 0.29) is 12.2 Å². The van der Waals surface area contributed by atoms with Gasteiger partial charge >= 0.3 is 5.97 Å². The van der Waals surface area contributed by atoms with E-state index in [0.717, 1.165) is 0 Å². The summed E-state index contributed by atoms with van der Waals surface area (Å²) >= 11 is 0. The molecule has 3 rings (SSSR count). The van der Waals surface area contributed by atoms with Crippen molar-refractivity contribution in [2.24, 2.45) is 0 Å². The number of benzene rings is 2. The Bertz CT molecular complexity index is 897. The van der Waals surface area contributed by atoms with E-state index >= 15 is 0 Å². The number of carbonyl (C=O) groups excluding carboxylic acids is 2. The highest BCUT2D eigenvalue weighted by Crippen LogP contribution is 2.18. The van der Waals surface area contributed by atoms with E-state index in [1.165, 1.54) is 12.0 Å². The van der Waals surface area contributed by atoms with Crippen molar-refractivity contribution in [2.45, 2.75) is 19.8 Å². The van der Waals surface area contributed by atoms with Crippen molar-refractivity contribution < 1.29 is 18.7 Å². The van der Waals surface area contributed by atoms with Crippen LogP contribution in [-0.4, -0.2) is 23.5 Å². The average Bonchev–Trinajstić information content (AvgIpc) is 3.08. The van der Waals surface area contributed by atoms with Crippen LogP contribution in [0, 0.1) is 0 Å². The molecule has 1 N–H and O–H groups in total. The minimum absolute atomic E-state index is 0.264. The standard InChI is InChI=1S/C19H18N2O4/c1-12(2)13-6-8-14(9-7-13)21-17(22)10-24-19(23)15-4-3-5-16-18(15)20-11-25-16/h3-9,11-12H,10H2,1-2H3,(H,21,22). The molecule has 0 aliphatic carbocycles. The Morgan fingerprint density at radius 3 is 2.64 bits per heavy atom. The van der Waals surface area contributed by atoms with Crippen molar-refractivity contribution in [3.63, 3.8) is 0 Å². The summed E-state index contributed by atoms with van der Waals surface area (Å²) in [5, 5.41) is 2.70. The second kappa shape index (κ2) is 7.17. The highest BCUT2D eigenvalue weighted by molar-refractivity contribution is 6.02. The van der Waals surface area contributed by atoms with E-state index in [1.54, 1.807) is 18.2 Å². The Kier molecular flexibility index (Phi) is 4.79. The highest BCUT2D eigenvalue weighted by Gasteiger charge is 2.15. The molecule has 128 valence electrons. The number of aromatic nitrogens is 1. The van der Waals surface area contributed by atoms with Crippen LogP contribution in [0.5, 0.6) is 0 Å². The summed E-state index contributed by atoms with van der Waals surface area (Å²) in [6.45, 7) is 3.82. The van der Waals surface area contributed by atoms with Gasteiger partial charge in [0.2, 0.25) is 0 Å². The normalized spacial score (nSPS) is 10.8. The Labute approximate surface area is 144 Å². The lowest BCUT2D eigenvalue weighted by Crippen LogP contribution is -2.21. The third kappa shape index (κ3) is 3.85. The number of carbonyl (C=O) groups is 2. The monoisotopic (exact) mass is 338 g/mol. The third-order valence-electron chi connectivity index (χ3n) is 3.78. The lowest BCUT2D eigenvalue weighted by Gasteiger charge is -2.09. The Hall–Kier alpha value is -3.15. The van der Waals surface area contributed by atoms with Gasteiger partial charge in [0.1, 0.15) is 5.52 Å². The van der Waals surface area contributed by atoms with Gasteiger partial charge in [-0.05, 0) is 35.7 Å². The van der Waals surface area contributed by atoms with E-state index in [9.17, 15) is 9.59 Å². The lowest BCUT2D eigenvalue weighted by molar-refractivity contribution is -0.119. The number of oxazole rings is 1. The number of para-hydroxylation sites is 1. The number of ether oxygens (including phenoxy) is 1. The van der Waals surface area contributed by atoms with Crippen LogP contribution in [0.2, 0.25) is 0 Å². The lowest BCUT2D eigenvalue weighted by atomic mass is 10.0. The minimum Gasteiger partial charge on any atom is -0.452 e. The van der Waals surface area contributed by atoms with Crippen LogP contribution in [0.1, 0.15) is 35.7 Å². The van der Waals surface area contributed by atoms with Crippen LogP contribution in [0.25, 0.3) is 11.1 Å². The van der Waals surface area contributed by atoms with Gasteiger partial charge in [0.15, 0.2) is 18.6 Å². The maximum Gasteiger partial charge on any atom is 0.340 e. The van der Waals surface area contributed by atoms with Gasteiger partial charge in [-0.2, -0.15) is 0 Å². The van der Waals surface area contributed by atoms with Crippen molar-refractivity contribution in [1.82, 2.24) is 4.98 Å². The van der Waals surface area contributed by atoms with Gasteiger partial charge in [-0.25, -0.2) is 9.78 Å². The molecule has 6 heteroatoms. The molecule has 0 spiro atoms. The molecule has 0 aliphatic heterocycles. The van der Waals surface area contributed by atoms with E-state index in [1.807, 2.05) is 24.3 Å². The zero-order valence-corrected chi connectivity index (χ0v) is 14.0. The van der Waals surface area contributed by atoms with Crippen LogP contribution in [0.4, 0.5) is 5.69 Å². The van der Waals surface area contributed by atoms with Gasteiger partial charge in [-0.1, -0.05) is 32.0 Å². The fourth-order valence-corrected chi connectivity index (χ4v) is 2.41. The van der Waals surface area contributed by atoms with Crippen LogP contribution in [0.3, 0.4) is 0 Å². The SMILES string of the molecule is CC(C)c1ccc(NC(=O)COC(=O)c2cccc3ocnc23)cc1. The molecule has 3 aromatic rings. The molecule has 0 radical (unpaired) electrons. The van der Waals surface area contributed by atoms with Gasteiger partial charge < -0.3 is 14.5 Å². The zero-order valence-electron chi connectivity index (χ0n) is 14.0. The number of nitrogens with one attached hydrogen (secondary N) is 1. The molecule has 25 heavy (non-hydrogen) atoms. The molecule has 0 bridgehead atoms. The number of anilines is 1. The molecule has 2 aromatic carbocycles. The quantitative estimate of drug-likeness (QED) is 0.717. The number of hydrogen-bond acceptors (Lipinski definition) is 5. The molecule has 1 heterocycles. The van der Waals surface area contributed by atoms with Gasteiger partial charge in [0.05, 0.1) is 5.56 Å². The molecule has 0 unspecified atom stereocenters. The summed E-state index contributed by atoms with van der Waals surface area (Å²) in [4.78, 5) is 28.1. The van der Waals surface area contributed by atoms with Gasteiger partial charge in [0.25, 0.3) is 5.91 Å². The number of fused-ring (bicyclic) bond motifs is 1. The maximum absolute atomic E-state index is 12.1. The molecular weight excluding hydrogens is 320 g/mol. The summed E-state index contributed by atoms with van der Waals surface area (Å²) in [6.07, 6.45) is 1.26. The Morgan fingerprint density at radius 1 is 1.16 bits per heavy atom. The minimum atomic E-state index is -0.621. The third-order valence-corrected chi connectivity index (χ3v) is 3.78. The Balaban J connectivity index is 1.58. The van der Waals surface area contributed by atoms with Crippen LogP contribution >= 0.6 is 0 Å². The number of nitrogens with zero attached hydrogens (tertiary/aromatic N) is 1. The summed E-state index contributed by atoms with van der Waals surface area (Å²) < 4.78 is 10.2. The van der Waals surface area contributed by atoms with E-state index in [4.69, 9.17) is 9.15 Å². The van der Waals surface area contributed by atoms with Crippen molar-refractivity contribution in [2.75, 3.05) is 11.9 Å². The van der Waals surface area contributed by atoms with Gasteiger partial charge in [-0.15, -0.1) is 0 Å². The number of rotatable bonds is 5. The first kappa shape index (κ1) is 16.7. The first-order chi connectivity index (χ1) is 12.0. The van der Waals surface area contributed by atoms with E-state index in [0.29, 0.717) is 22.7 Å². The predicted octanol–water partition coefficient (Wildman–Crippen LogP) is 3.75. The van der Waals surface area contributed by atoms with Crippen molar-refractivity contribution in [3.8, 4) is 0 Å². The summed E-state index contributed by atoms with van der Waals surface area (Å²) in [5.41, 5.74) is 3.01. The molecule has 1 aromatic heterocycles. The summed E-state index contributed by atoms with van der Waals surface area (Å²) in [7, 11) is 0. The maximum atomic E-state index is 12.1. The molecule has 0 saturated carbocycles. The molecule has 0 atom stereocenters. The van der Waals surface area contributed by atoms with Gasteiger partial charge in [0, 0.05) is 5.69 Å². The Morgan fingerprint density at radius 2 is 1.92 bits per heavy atom. The van der Waals surface area contributed by atoms with E-state index in [2.05, 4.69) is 24.1 Å². The summed E-state index contributed by atoms with van der Waals surface area (Å²) in [6, 6.07) is 12.5. The largest absolute Gasteiger partial charge is 0.452 e. The van der Waals surface area contributed by atoms with Crippen LogP contribution in [-0.2, 0) is 9.53 Å². The zero-order chi connectivity index (χ0) is 17.8. The number of hydrogen-bond donors (Lipinski definition) is 1. The van der Waals surface area contributed by atoms with Crippen molar-refractivity contribution >= 4 is 28.7 Å². The second-order valence-electron chi connectivity index (χ2n) is 5.91. The summed E-state index contributed by atoms with van der Waals surface area (Å²) in [5.74, 6) is -0.604. The smallest absolute Gasteiger partial charge is 0.340 e. The van der Waals surface area contributed by atoms with E-state index < -0.39 is 11.9 Å². The fraction of sp³-hybridized carbons (Fsp3) is 0.211. The molecular formula is C19H18N2O4.